The van der Waals surface area contributed by atoms with Crippen LogP contribution in [0, 0.1) is 5.82 Å². The summed E-state index contributed by atoms with van der Waals surface area (Å²) in [6, 6.07) is 13.8. The zero-order valence-corrected chi connectivity index (χ0v) is 20.3. The van der Waals surface area contributed by atoms with Crippen LogP contribution >= 0.6 is 35.7 Å². The number of hydrogen-bond donors (Lipinski definition) is 3. The van der Waals surface area contributed by atoms with Gasteiger partial charge in [0.2, 0.25) is 5.91 Å². The average molecular weight is 546 g/mol. The Morgan fingerprint density at radius 2 is 1.87 bits per heavy atom. The molecule has 1 amide bonds. The fourth-order valence-corrected chi connectivity index (χ4v) is 3.28. The molecule has 9 heteroatoms. The number of carbonyl (C=O) groups is 1. The predicted octanol–water partition coefficient (Wildman–Crippen LogP) is 4.13. The molecular formula is C21H28FIN4O2S. The van der Waals surface area contributed by atoms with E-state index in [1.54, 1.807) is 37.0 Å². The second-order valence-electron chi connectivity index (χ2n) is 6.14. The van der Waals surface area contributed by atoms with Crippen molar-refractivity contribution >= 4 is 53.3 Å². The van der Waals surface area contributed by atoms with Crippen LogP contribution in [0.5, 0.6) is 5.75 Å². The SMILES string of the molecule is CN=C(NCCCSc1ccc(F)cc1)NCCOc1cccc(NC(C)=O)c1.I. The highest BCUT2D eigenvalue weighted by Crippen LogP contribution is 2.18. The predicted molar refractivity (Wildman–Crippen MR) is 133 cm³/mol. The molecule has 30 heavy (non-hydrogen) atoms. The van der Waals surface area contributed by atoms with Crippen LogP contribution in [0.25, 0.3) is 0 Å². The number of nitrogens with one attached hydrogen (secondary N) is 3. The average Bonchev–Trinajstić information content (AvgIpc) is 2.70. The van der Waals surface area contributed by atoms with Crippen LogP contribution < -0.4 is 20.7 Å². The van der Waals surface area contributed by atoms with Gasteiger partial charge in [-0.05, 0) is 48.6 Å². The first-order valence-electron chi connectivity index (χ1n) is 9.40. The van der Waals surface area contributed by atoms with Crippen LogP contribution in [-0.2, 0) is 4.79 Å². The lowest BCUT2D eigenvalue weighted by atomic mass is 10.3. The quantitative estimate of drug-likeness (QED) is 0.138. The van der Waals surface area contributed by atoms with Crippen LogP contribution in [-0.4, -0.2) is 44.4 Å². The molecule has 0 aliphatic heterocycles. The maximum absolute atomic E-state index is 12.9. The normalized spacial score (nSPS) is 10.7. The zero-order chi connectivity index (χ0) is 20.9. The van der Waals surface area contributed by atoms with Crippen molar-refractivity contribution in [2.75, 3.05) is 37.8 Å². The molecule has 0 saturated heterocycles. The molecule has 0 saturated carbocycles. The van der Waals surface area contributed by atoms with Gasteiger partial charge in [-0.2, -0.15) is 0 Å². The fraction of sp³-hybridized carbons (Fsp3) is 0.333. The minimum atomic E-state index is -0.213. The number of benzene rings is 2. The minimum Gasteiger partial charge on any atom is -0.492 e. The van der Waals surface area contributed by atoms with Gasteiger partial charge in [0.1, 0.15) is 18.2 Å². The van der Waals surface area contributed by atoms with E-state index in [2.05, 4.69) is 20.9 Å². The topological polar surface area (TPSA) is 74.8 Å². The van der Waals surface area contributed by atoms with Crippen molar-refractivity contribution in [3.05, 3.63) is 54.3 Å². The minimum absolute atomic E-state index is 0. The van der Waals surface area contributed by atoms with Crippen LogP contribution in [0.15, 0.2) is 58.4 Å². The Morgan fingerprint density at radius 1 is 1.13 bits per heavy atom. The number of ether oxygens (including phenoxy) is 1. The second kappa shape index (κ2) is 14.9. The Balaban J connectivity index is 0.00000450. The molecule has 0 spiro atoms. The number of carbonyl (C=O) groups excluding carboxylic acids is 1. The molecule has 3 N–H and O–H groups in total. The van der Waals surface area contributed by atoms with Crippen LogP contribution in [0.1, 0.15) is 13.3 Å². The monoisotopic (exact) mass is 546 g/mol. The summed E-state index contributed by atoms with van der Waals surface area (Å²) >= 11 is 1.70. The van der Waals surface area contributed by atoms with Crippen molar-refractivity contribution in [2.45, 2.75) is 18.2 Å². The fourth-order valence-electron chi connectivity index (χ4n) is 2.43. The number of rotatable bonds is 10. The summed E-state index contributed by atoms with van der Waals surface area (Å²) in [4.78, 5) is 16.4. The van der Waals surface area contributed by atoms with E-state index in [0.717, 1.165) is 23.6 Å². The number of thioether (sulfide) groups is 1. The Bertz CT molecular complexity index is 806. The maximum atomic E-state index is 12.9. The molecule has 0 radical (unpaired) electrons. The van der Waals surface area contributed by atoms with Crippen molar-refractivity contribution < 1.29 is 13.9 Å². The first-order chi connectivity index (χ1) is 14.1. The van der Waals surface area contributed by atoms with Gasteiger partial charge >= 0.3 is 0 Å². The van der Waals surface area contributed by atoms with Crippen molar-refractivity contribution in [3.63, 3.8) is 0 Å². The van der Waals surface area contributed by atoms with Crippen LogP contribution in [0.4, 0.5) is 10.1 Å². The molecule has 2 aromatic carbocycles. The number of hydrogen-bond acceptors (Lipinski definition) is 4. The standard InChI is InChI=1S/C21H27FN4O2S.HI/c1-16(27)26-18-5-3-6-19(15-18)28-13-12-25-21(23-2)24-11-4-14-29-20-9-7-17(22)8-10-20;/h3,5-10,15H,4,11-14H2,1-2H3,(H,26,27)(H2,23,24,25);1H. The van der Waals surface area contributed by atoms with E-state index in [0.29, 0.717) is 30.5 Å². The number of guanidine groups is 1. The van der Waals surface area contributed by atoms with Gasteiger partial charge in [0.05, 0.1) is 6.54 Å². The van der Waals surface area contributed by atoms with E-state index in [9.17, 15) is 9.18 Å². The van der Waals surface area contributed by atoms with Crippen molar-refractivity contribution in [1.82, 2.24) is 10.6 Å². The van der Waals surface area contributed by atoms with Crippen molar-refractivity contribution in [1.29, 1.82) is 0 Å². The van der Waals surface area contributed by atoms with Crippen LogP contribution in [0.3, 0.4) is 0 Å². The maximum Gasteiger partial charge on any atom is 0.221 e. The summed E-state index contributed by atoms with van der Waals surface area (Å²) < 4.78 is 18.6. The van der Waals surface area contributed by atoms with Crippen molar-refractivity contribution in [3.8, 4) is 5.75 Å². The second-order valence-corrected chi connectivity index (χ2v) is 7.31. The number of halogens is 2. The summed E-state index contributed by atoms with van der Waals surface area (Å²) in [6.45, 7) is 3.31. The lowest BCUT2D eigenvalue weighted by Gasteiger charge is -2.13. The molecule has 0 aliphatic carbocycles. The van der Waals surface area contributed by atoms with E-state index in [4.69, 9.17) is 4.74 Å². The number of aliphatic imine (C=N–C) groups is 1. The molecule has 0 bridgehead atoms. The van der Waals surface area contributed by atoms with Gasteiger partial charge in [-0.3, -0.25) is 9.79 Å². The van der Waals surface area contributed by atoms with Gasteiger partial charge in [-0.15, -0.1) is 35.7 Å². The van der Waals surface area contributed by atoms with Crippen LogP contribution in [0.2, 0.25) is 0 Å². The number of anilines is 1. The molecular weight excluding hydrogens is 518 g/mol. The lowest BCUT2D eigenvalue weighted by molar-refractivity contribution is -0.114. The smallest absolute Gasteiger partial charge is 0.221 e. The van der Waals surface area contributed by atoms with Gasteiger partial charge in [-0.25, -0.2) is 4.39 Å². The van der Waals surface area contributed by atoms with Crippen molar-refractivity contribution in [2.24, 2.45) is 4.99 Å². The molecule has 164 valence electrons. The summed E-state index contributed by atoms with van der Waals surface area (Å²) in [5.41, 5.74) is 0.707. The van der Waals surface area contributed by atoms with E-state index in [1.807, 2.05) is 18.2 Å². The molecule has 2 rings (SSSR count). The summed E-state index contributed by atoms with van der Waals surface area (Å²) in [5, 5.41) is 9.18. The summed E-state index contributed by atoms with van der Waals surface area (Å²) in [5.74, 6) is 2.01. The first kappa shape index (κ1) is 26.0. The van der Waals surface area contributed by atoms with E-state index >= 15 is 0 Å². The molecule has 2 aromatic rings. The number of amides is 1. The Morgan fingerprint density at radius 3 is 2.57 bits per heavy atom. The Kier molecular flexibility index (Phi) is 12.9. The highest BCUT2D eigenvalue weighted by atomic mass is 127. The van der Waals surface area contributed by atoms with Gasteiger partial charge in [0.15, 0.2) is 5.96 Å². The van der Waals surface area contributed by atoms with Gasteiger partial charge in [0, 0.05) is 37.2 Å². The van der Waals surface area contributed by atoms with Gasteiger partial charge in [-0.1, -0.05) is 6.07 Å². The molecule has 0 aliphatic rings. The zero-order valence-electron chi connectivity index (χ0n) is 17.1. The molecule has 0 atom stereocenters. The molecule has 0 fully saturated rings. The Hall–Kier alpha value is -2.01. The van der Waals surface area contributed by atoms with E-state index in [-0.39, 0.29) is 35.7 Å². The molecule has 6 nitrogen and oxygen atoms in total. The molecule has 0 heterocycles. The lowest BCUT2D eigenvalue weighted by Crippen LogP contribution is -2.39. The van der Waals surface area contributed by atoms with E-state index < -0.39 is 0 Å². The van der Waals surface area contributed by atoms with E-state index in [1.165, 1.54) is 19.1 Å². The third kappa shape index (κ3) is 10.7. The molecule has 0 unspecified atom stereocenters. The number of nitrogens with zero attached hydrogens (tertiary/aromatic N) is 1. The largest absolute Gasteiger partial charge is 0.492 e. The highest BCUT2D eigenvalue weighted by molar-refractivity contribution is 14.0. The Labute approximate surface area is 198 Å². The highest BCUT2D eigenvalue weighted by Gasteiger charge is 2.01. The first-order valence-corrected chi connectivity index (χ1v) is 10.4. The third-order valence-corrected chi connectivity index (χ3v) is 4.84. The molecule has 0 aromatic heterocycles. The summed E-state index contributed by atoms with van der Waals surface area (Å²) in [6.07, 6.45) is 0.954. The van der Waals surface area contributed by atoms with Gasteiger partial charge in [0.25, 0.3) is 0 Å². The summed E-state index contributed by atoms with van der Waals surface area (Å²) in [7, 11) is 1.72. The van der Waals surface area contributed by atoms with Gasteiger partial charge < -0.3 is 20.7 Å². The third-order valence-electron chi connectivity index (χ3n) is 3.74.